The molecule has 1 saturated heterocycles. The number of methoxy groups -OCH3 is 1. The van der Waals surface area contributed by atoms with Gasteiger partial charge in [-0.25, -0.2) is 4.79 Å². The Hall–Kier alpha value is -1.55. The summed E-state index contributed by atoms with van der Waals surface area (Å²) < 4.78 is 5.61. The van der Waals surface area contributed by atoms with Gasteiger partial charge in [0.15, 0.2) is 0 Å². The van der Waals surface area contributed by atoms with Crippen molar-refractivity contribution in [2.75, 3.05) is 20.2 Å². The van der Waals surface area contributed by atoms with Crippen LogP contribution in [0.25, 0.3) is 0 Å². The molecule has 1 atom stereocenters. The third kappa shape index (κ3) is 2.82. The Morgan fingerprint density at radius 3 is 2.44 bits per heavy atom. The number of benzene rings is 1. The van der Waals surface area contributed by atoms with Crippen LogP contribution in [0, 0.1) is 5.92 Å². The molecule has 1 fully saturated rings. The average Bonchev–Trinajstić information content (AvgIpc) is 2.41. The molecule has 1 aromatic rings. The fraction of sp³-hybridized carbons (Fsp3) is 0.500. The van der Waals surface area contributed by atoms with E-state index in [9.17, 15) is 4.79 Å². The molecule has 4 nitrogen and oxygen atoms in total. The number of rotatable bonds is 3. The minimum atomic E-state index is -0.817. The van der Waals surface area contributed by atoms with E-state index in [1.54, 1.807) is 7.11 Å². The molecule has 0 spiro atoms. The number of nitrogens with zero attached hydrogens (tertiary/aromatic N) is 1. The molecule has 1 aromatic carbocycles. The fourth-order valence-corrected chi connectivity index (χ4v) is 2.64. The van der Waals surface area contributed by atoms with Crippen molar-refractivity contribution in [2.45, 2.75) is 18.9 Å². The number of ether oxygens (including phenoxy) is 1. The number of carbonyl (C=O) groups is 1. The van der Waals surface area contributed by atoms with Crippen molar-refractivity contribution in [3.05, 3.63) is 35.9 Å². The summed E-state index contributed by atoms with van der Waals surface area (Å²) in [6.45, 7) is 1.21. The quantitative estimate of drug-likeness (QED) is 0.896. The SMILES string of the molecule is COC(c1ccccc1)C1CCN(C(=O)O)CC1. The van der Waals surface area contributed by atoms with E-state index in [2.05, 4.69) is 12.1 Å². The second-order valence-electron chi connectivity index (χ2n) is 4.67. The van der Waals surface area contributed by atoms with E-state index >= 15 is 0 Å². The van der Waals surface area contributed by atoms with Crippen LogP contribution in [0.2, 0.25) is 0 Å². The van der Waals surface area contributed by atoms with Crippen molar-refractivity contribution < 1.29 is 14.6 Å². The van der Waals surface area contributed by atoms with Crippen LogP contribution in [0.1, 0.15) is 24.5 Å². The van der Waals surface area contributed by atoms with E-state index in [0.717, 1.165) is 12.8 Å². The van der Waals surface area contributed by atoms with Crippen molar-refractivity contribution in [1.29, 1.82) is 0 Å². The van der Waals surface area contributed by atoms with Gasteiger partial charge >= 0.3 is 6.09 Å². The molecular formula is C14H19NO3. The number of likely N-dealkylation sites (tertiary alicyclic amines) is 1. The van der Waals surface area contributed by atoms with Crippen LogP contribution >= 0.6 is 0 Å². The maximum atomic E-state index is 10.9. The van der Waals surface area contributed by atoms with Gasteiger partial charge in [-0.3, -0.25) is 0 Å². The predicted molar refractivity (Wildman–Crippen MR) is 68.5 cm³/mol. The number of carboxylic acid groups (broad SMARTS) is 1. The molecule has 2 rings (SSSR count). The predicted octanol–water partition coefficient (Wildman–Crippen LogP) is 2.76. The second-order valence-corrected chi connectivity index (χ2v) is 4.67. The number of piperidine rings is 1. The van der Waals surface area contributed by atoms with E-state index in [4.69, 9.17) is 9.84 Å². The highest BCUT2D eigenvalue weighted by Gasteiger charge is 2.29. The topological polar surface area (TPSA) is 49.8 Å². The Labute approximate surface area is 107 Å². The van der Waals surface area contributed by atoms with Gasteiger partial charge in [-0.2, -0.15) is 0 Å². The first-order chi connectivity index (χ1) is 8.72. The van der Waals surface area contributed by atoms with E-state index in [-0.39, 0.29) is 6.10 Å². The van der Waals surface area contributed by atoms with Crippen molar-refractivity contribution in [1.82, 2.24) is 4.90 Å². The lowest BCUT2D eigenvalue weighted by atomic mass is 9.87. The highest BCUT2D eigenvalue weighted by molar-refractivity contribution is 5.64. The van der Waals surface area contributed by atoms with Gasteiger partial charge in [0.05, 0.1) is 6.10 Å². The Balaban J connectivity index is 2.01. The van der Waals surface area contributed by atoms with E-state index in [0.29, 0.717) is 19.0 Å². The van der Waals surface area contributed by atoms with Gasteiger partial charge in [0.25, 0.3) is 0 Å². The first-order valence-electron chi connectivity index (χ1n) is 6.28. The summed E-state index contributed by atoms with van der Waals surface area (Å²) in [6, 6.07) is 10.1. The lowest BCUT2D eigenvalue weighted by Gasteiger charge is -2.34. The minimum absolute atomic E-state index is 0.0714. The first kappa shape index (κ1) is 12.9. The smallest absolute Gasteiger partial charge is 0.407 e. The van der Waals surface area contributed by atoms with E-state index in [1.807, 2.05) is 18.2 Å². The standard InChI is InChI=1S/C14H19NO3/c1-18-13(11-5-3-2-4-6-11)12-7-9-15(10-8-12)14(16)17/h2-6,12-13H,7-10H2,1H3,(H,16,17). The zero-order chi connectivity index (χ0) is 13.0. The molecule has 0 aromatic heterocycles. The Morgan fingerprint density at radius 1 is 1.33 bits per heavy atom. The Kier molecular flexibility index (Phi) is 4.20. The molecule has 1 heterocycles. The summed E-state index contributed by atoms with van der Waals surface area (Å²) in [6.07, 6.45) is 0.976. The molecule has 1 N–H and O–H groups in total. The molecule has 1 aliphatic rings. The van der Waals surface area contributed by atoms with Gasteiger partial charge in [-0.05, 0) is 24.3 Å². The fourth-order valence-electron chi connectivity index (χ4n) is 2.64. The zero-order valence-corrected chi connectivity index (χ0v) is 10.6. The van der Waals surface area contributed by atoms with E-state index < -0.39 is 6.09 Å². The summed E-state index contributed by atoms with van der Waals surface area (Å²) in [4.78, 5) is 12.3. The molecule has 1 amide bonds. The van der Waals surface area contributed by atoms with Crippen LogP contribution < -0.4 is 0 Å². The van der Waals surface area contributed by atoms with Gasteiger partial charge in [-0.1, -0.05) is 30.3 Å². The number of hydrogen-bond donors (Lipinski definition) is 1. The third-order valence-electron chi connectivity index (χ3n) is 3.62. The summed E-state index contributed by atoms with van der Waals surface area (Å²) in [5.74, 6) is 0.396. The van der Waals surface area contributed by atoms with Crippen LogP contribution in [0.4, 0.5) is 4.79 Å². The van der Waals surface area contributed by atoms with Crippen LogP contribution in [0.5, 0.6) is 0 Å². The van der Waals surface area contributed by atoms with Crippen LogP contribution in [0.15, 0.2) is 30.3 Å². The molecule has 1 unspecified atom stereocenters. The largest absolute Gasteiger partial charge is 0.465 e. The van der Waals surface area contributed by atoms with Gasteiger partial charge in [0.1, 0.15) is 0 Å². The maximum absolute atomic E-state index is 10.9. The molecule has 4 heteroatoms. The molecule has 1 aliphatic heterocycles. The zero-order valence-electron chi connectivity index (χ0n) is 10.6. The van der Waals surface area contributed by atoms with Gasteiger partial charge in [0, 0.05) is 20.2 Å². The summed E-state index contributed by atoms with van der Waals surface area (Å²) in [5, 5.41) is 8.93. The van der Waals surface area contributed by atoms with Crippen LogP contribution in [0.3, 0.4) is 0 Å². The van der Waals surface area contributed by atoms with E-state index in [1.165, 1.54) is 10.5 Å². The lowest BCUT2D eigenvalue weighted by molar-refractivity contribution is 0.0215. The van der Waals surface area contributed by atoms with Crippen molar-refractivity contribution in [2.24, 2.45) is 5.92 Å². The molecule has 98 valence electrons. The third-order valence-corrected chi connectivity index (χ3v) is 3.62. The number of hydrogen-bond acceptors (Lipinski definition) is 2. The molecular weight excluding hydrogens is 230 g/mol. The normalized spacial score (nSPS) is 18.6. The second kappa shape index (κ2) is 5.87. The maximum Gasteiger partial charge on any atom is 0.407 e. The summed E-state index contributed by atoms with van der Waals surface area (Å²) in [5.41, 5.74) is 1.17. The van der Waals surface area contributed by atoms with Crippen LogP contribution in [-0.4, -0.2) is 36.3 Å². The average molecular weight is 249 g/mol. The lowest BCUT2D eigenvalue weighted by Crippen LogP contribution is -2.39. The number of amides is 1. The Morgan fingerprint density at radius 2 is 1.94 bits per heavy atom. The van der Waals surface area contributed by atoms with Crippen molar-refractivity contribution in [3.63, 3.8) is 0 Å². The summed E-state index contributed by atoms with van der Waals surface area (Å²) >= 11 is 0. The molecule has 0 aliphatic carbocycles. The molecule has 0 bridgehead atoms. The van der Waals surface area contributed by atoms with Crippen molar-refractivity contribution in [3.8, 4) is 0 Å². The van der Waals surface area contributed by atoms with Crippen LogP contribution in [-0.2, 0) is 4.74 Å². The van der Waals surface area contributed by atoms with Gasteiger partial charge in [0.2, 0.25) is 0 Å². The highest BCUT2D eigenvalue weighted by Crippen LogP contribution is 2.33. The Bertz CT molecular complexity index is 385. The minimum Gasteiger partial charge on any atom is -0.465 e. The van der Waals surface area contributed by atoms with Gasteiger partial charge in [-0.15, -0.1) is 0 Å². The summed E-state index contributed by atoms with van der Waals surface area (Å²) in [7, 11) is 1.72. The monoisotopic (exact) mass is 249 g/mol. The highest BCUT2D eigenvalue weighted by atomic mass is 16.5. The van der Waals surface area contributed by atoms with Crippen molar-refractivity contribution >= 4 is 6.09 Å². The molecule has 18 heavy (non-hydrogen) atoms. The van der Waals surface area contributed by atoms with Gasteiger partial charge < -0.3 is 14.7 Å². The first-order valence-corrected chi connectivity index (χ1v) is 6.28. The molecule has 0 saturated carbocycles. The molecule has 0 radical (unpaired) electrons.